The highest BCUT2D eigenvalue weighted by Crippen LogP contribution is 2.37. The summed E-state index contributed by atoms with van der Waals surface area (Å²) in [6.07, 6.45) is -4.87. The van der Waals surface area contributed by atoms with E-state index in [2.05, 4.69) is 9.46 Å². The molecule has 1 aromatic heterocycles. The van der Waals surface area contributed by atoms with Crippen LogP contribution in [0.25, 0.3) is 22.2 Å². The zero-order valence-electron chi connectivity index (χ0n) is 16.4. The Balaban J connectivity index is 2.18. The van der Waals surface area contributed by atoms with E-state index in [-0.39, 0.29) is 29.1 Å². The normalized spacial score (nSPS) is 12.0. The van der Waals surface area contributed by atoms with Gasteiger partial charge in [0.15, 0.2) is 0 Å². The number of alkyl halides is 3. The summed E-state index contributed by atoms with van der Waals surface area (Å²) >= 11 is 0. The van der Waals surface area contributed by atoms with Crippen molar-refractivity contribution in [3.8, 4) is 23.1 Å². The molecule has 0 unspecified atom stereocenters. The fourth-order valence-electron chi connectivity index (χ4n) is 3.25. The van der Waals surface area contributed by atoms with Crippen LogP contribution in [0.15, 0.2) is 36.4 Å². The molecular formula is C20H17F4N3O3S. The number of hydrogen-bond acceptors (Lipinski definition) is 4. The second-order valence-corrected chi connectivity index (χ2v) is 8.52. The number of fused-ring (bicyclic) bond motifs is 1. The van der Waals surface area contributed by atoms with Crippen molar-refractivity contribution in [2.24, 2.45) is 0 Å². The van der Waals surface area contributed by atoms with Crippen LogP contribution in [-0.2, 0) is 16.6 Å². The maximum absolute atomic E-state index is 14.6. The monoisotopic (exact) mass is 455 g/mol. The number of hydrogen-bond donors (Lipinski definition) is 1. The molecule has 0 saturated heterocycles. The van der Waals surface area contributed by atoms with E-state index >= 15 is 0 Å². The van der Waals surface area contributed by atoms with Crippen molar-refractivity contribution >= 4 is 26.6 Å². The van der Waals surface area contributed by atoms with Gasteiger partial charge in [-0.25, -0.2) is 12.8 Å². The zero-order valence-corrected chi connectivity index (χ0v) is 17.2. The second-order valence-electron chi connectivity index (χ2n) is 6.51. The molecule has 11 heteroatoms. The minimum atomic E-state index is -4.87. The van der Waals surface area contributed by atoms with Crippen molar-refractivity contribution < 1.29 is 30.7 Å². The lowest BCUT2D eigenvalue weighted by molar-refractivity contribution is -0.274. The maximum atomic E-state index is 14.6. The first-order valence-electron chi connectivity index (χ1n) is 9.12. The number of nitriles is 1. The van der Waals surface area contributed by atoms with Gasteiger partial charge in [-0.1, -0.05) is 6.07 Å². The van der Waals surface area contributed by atoms with Gasteiger partial charge in [-0.05, 0) is 38.1 Å². The Bertz CT molecular complexity index is 1290. The number of rotatable bonds is 6. The number of sulfonamides is 1. The Labute approximate surface area is 175 Å². The van der Waals surface area contributed by atoms with Crippen LogP contribution < -0.4 is 9.46 Å². The molecule has 0 radical (unpaired) electrons. The molecule has 0 spiro atoms. The Morgan fingerprint density at radius 2 is 1.87 bits per heavy atom. The van der Waals surface area contributed by atoms with Crippen LogP contribution in [0.5, 0.6) is 5.75 Å². The van der Waals surface area contributed by atoms with E-state index in [1.165, 1.54) is 25.1 Å². The number of aromatic nitrogens is 1. The topological polar surface area (TPSA) is 84.1 Å². The standard InChI is InChI=1S/C20H17F4N3O3S/c1-3-27-18-10-13(30-20(22,23)24)6-7-14(18)15(11-25)19(27)12-5-8-17(16(21)9-12)26-31(28,29)4-2/h5-10,26H,3-4H2,1-2H3. The second kappa shape index (κ2) is 8.11. The fraction of sp³-hybridized carbons (Fsp3) is 0.250. The Kier molecular flexibility index (Phi) is 5.87. The van der Waals surface area contributed by atoms with Crippen LogP contribution in [0.3, 0.4) is 0 Å². The third-order valence-electron chi connectivity index (χ3n) is 4.59. The first-order valence-corrected chi connectivity index (χ1v) is 10.8. The highest BCUT2D eigenvalue weighted by atomic mass is 32.2. The van der Waals surface area contributed by atoms with Crippen LogP contribution >= 0.6 is 0 Å². The molecule has 0 aliphatic carbocycles. The summed E-state index contributed by atoms with van der Waals surface area (Å²) in [6, 6.07) is 9.36. The van der Waals surface area contributed by atoms with Gasteiger partial charge in [0.05, 0.1) is 28.2 Å². The van der Waals surface area contributed by atoms with E-state index < -0.39 is 28.0 Å². The summed E-state index contributed by atoms with van der Waals surface area (Å²) < 4.78 is 83.5. The van der Waals surface area contributed by atoms with Crippen LogP contribution in [0.1, 0.15) is 19.4 Å². The predicted molar refractivity (Wildman–Crippen MR) is 107 cm³/mol. The summed E-state index contributed by atoms with van der Waals surface area (Å²) in [5.74, 6) is -1.54. The van der Waals surface area contributed by atoms with Gasteiger partial charge in [0.2, 0.25) is 10.0 Å². The molecule has 0 aliphatic rings. The van der Waals surface area contributed by atoms with Gasteiger partial charge in [0.1, 0.15) is 17.6 Å². The third kappa shape index (κ3) is 4.59. The van der Waals surface area contributed by atoms with Crippen molar-refractivity contribution in [3.05, 3.63) is 47.8 Å². The lowest BCUT2D eigenvalue weighted by atomic mass is 10.1. The fourth-order valence-corrected chi connectivity index (χ4v) is 3.90. The molecule has 0 amide bonds. The molecule has 2 aromatic carbocycles. The first-order chi connectivity index (χ1) is 14.5. The van der Waals surface area contributed by atoms with Crippen LogP contribution in [-0.4, -0.2) is 25.1 Å². The average Bonchev–Trinajstić information content (AvgIpc) is 3.00. The van der Waals surface area contributed by atoms with Gasteiger partial charge in [-0.3, -0.25) is 4.72 Å². The SMILES string of the molecule is CCn1c(-c2ccc(NS(=O)(=O)CC)c(F)c2)c(C#N)c2ccc(OC(F)(F)F)cc21. The summed E-state index contributed by atoms with van der Waals surface area (Å²) in [6.45, 7) is 3.40. The first kappa shape index (κ1) is 22.4. The predicted octanol–water partition coefficient (Wildman–Crippen LogP) is 5.00. The van der Waals surface area contributed by atoms with Crippen molar-refractivity contribution in [1.82, 2.24) is 4.57 Å². The molecule has 3 aromatic rings. The number of halogens is 4. The number of aryl methyl sites for hydroxylation is 1. The lowest BCUT2D eigenvalue weighted by Crippen LogP contribution is -2.17. The van der Waals surface area contributed by atoms with E-state index in [1.807, 2.05) is 6.07 Å². The van der Waals surface area contributed by atoms with E-state index in [4.69, 9.17) is 0 Å². The highest BCUT2D eigenvalue weighted by molar-refractivity contribution is 7.92. The van der Waals surface area contributed by atoms with Crippen LogP contribution in [0.4, 0.5) is 23.2 Å². The van der Waals surface area contributed by atoms with Crippen LogP contribution in [0.2, 0.25) is 0 Å². The van der Waals surface area contributed by atoms with Crippen molar-refractivity contribution in [2.75, 3.05) is 10.5 Å². The van der Waals surface area contributed by atoms with Gasteiger partial charge in [-0.2, -0.15) is 5.26 Å². The summed E-state index contributed by atoms with van der Waals surface area (Å²) in [5.41, 5.74) is 0.783. The Morgan fingerprint density at radius 1 is 1.16 bits per heavy atom. The molecule has 1 N–H and O–H groups in total. The third-order valence-corrected chi connectivity index (χ3v) is 5.88. The van der Waals surface area contributed by atoms with E-state index in [1.54, 1.807) is 11.5 Å². The van der Waals surface area contributed by atoms with E-state index in [0.29, 0.717) is 16.6 Å². The summed E-state index contributed by atoms with van der Waals surface area (Å²) in [7, 11) is -3.69. The van der Waals surface area contributed by atoms with Gasteiger partial charge >= 0.3 is 6.36 Å². The molecule has 0 bridgehead atoms. The van der Waals surface area contributed by atoms with Crippen molar-refractivity contribution in [1.29, 1.82) is 5.26 Å². The molecule has 31 heavy (non-hydrogen) atoms. The molecule has 1 heterocycles. The van der Waals surface area contributed by atoms with Gasteiger partial charge in [0, 0.05) is 23.6 Å². The zero-order chi connectivity index (χ0) is 23.0. The molecule has 164 valence electrons. The van der Waals surface area contributed by atoms with Crippen LogP contribution in [0, 0.1) is 17.1 Å². The van der Waals surface area contributed by atoms with Crippen molar-refractivity contribution in [2.45, 2.75) is 26.8 Å². The van der Waals surface area contributed by atoms with E-state index in [9.17, 15) is 31.2 Å². The minimum Gasteiger partial charge on any atom is -0.406 e. The molecule has 6 nitrogen and oxygen atoms in total. The number of benzene rings is 2. The van der Waals surface area contributed by atoms with Gasteiger partial charge in [0.25, 0.3) is 0 Å². The largest absolute Gasteiger partial charge is 0.573 e. The van der Waals surface area contributed by atoms with E-state index in [0.717, 1.165) is 18.2 Å². The number of nitrogens with one attached hydrogen (secondary N) is 1. The Morgan fingerprint density at radius 3 is 2.42 bits per heavy atom. The molecule has 0 saturated carbocycles. The average molecular weight is 455 g/mol. The van der Waals surface area contributed by atoms with Gasteiger partial charge < -0.3 is 9.30 Å². The lowest BCUT2D eigenvalue weighted by Gasteiger charge is -2.12. The maximum Gasteiger partial charge on any atom is 0.573 e. The number of ether oxygens (including phenoxy) is 1. The minimum absolute atomic E-state index is 0.150. The molecule has 0 atom stereocenters. The Hall–Kier alpha value is -3.26. The molecular weight excluding hydrogens is 438 g/mol. The summed E-state index contributed by atoms with van der Waals surface area (Å²) in [4.78, 5) is 0. The van der Waals surface area contributed by atoms with Crippen molar-refractivity contribution in [3.63, 3.8) is 0 Å². The number of anilines is 1. The molecule has 0 aliphatic heterocycles. The molecule has 3 rings (SSSR count). The highest BCUT2D eigenvalue weighted by Gasteiger charge is 2.31. The quantitative estimate of drug-likeness (QED) is 0.530. The molecule has 0 fully saturated rings. The smallest absolute Gasteiger partial charge is 0.406 e. The summed E-state index contributed by atoms with van der Waals surface area (Å²) in [5, 5.41) is 10.1. The van der Waals surface area contributed by atoms with Gasteiger partial charge in [-0.15, -0.1) is 13.2 Å². The number of nitrogens with zero attached hydrogens (tertiary/aromatic N) is 2.